The second-order valence-corrected chi connectivity index (χ2v) is 7.73. The first-order chi connectivity index (χ1) is 14.7. The molecule has 0 spiro atoms. The van der Waals surface area contributed by atoms with Crippen LogP contribution in [0.1, 0.15) is 70.3 Å². The summed E-state index contributed by atoms with van der Waals surface area (Å²) in [5, 5.41) is 5.81. The average Bonchev–Trinajstić information content (AvgIpc) is 2.76. The number of carbonyl (C=O) groups is 2. The van der Waals surface area contributed by atoms with Gasteiger partial charge in [-0.1, -0.05) is 62.9 Å². The van der Waals surface area contributed by atoms with Crippen LogP contribution in [0.3, 0.4) is 0 Å². The van der Waals surface area contributed by atoms with Crippen LogP contribution in [0.25, 0.3) is 0 Å². The summed E-state index contributed by atoms with van der Waals surface area (Å²) in [6.45, 7) is 5.28. The van der Waals surface area contributed by atoms with Gasteiger partial charge in [0.05, 0.1) is 6.61 Å². The van der Waals surface area contributed by atoms with Crippen molar-refractivity contribution in [3.63, 3.8) is 0 Å². The number of hydrogen-bond donors (Lipinski definition) is 3. The smallest absolute Gasteiger partial charge is 0.232 e. The number of benzene rings is 1. The van der Waals surface area contributed by atoms with Gasteiger partial charge in [0.2, 0.25) is 11.8 Å². The fraction of sp³-hybridized carbons (Fsp3) is 0.667. The molecule has 0 saturated heterocycles. The van der Waals surface area contributed by atoms with Gasteiger partial charge in [0.1, 0.15) is 5.92 Å². The standard InChI is InChI=1S/C24H41N3O3/c1-2-3-17-26-23(28)22(24(29)27-18-11-10-16-25)15-9-4-5-12-19-30-20-21-13-7-6-8-14-21/h6-8,13-14,22H,2-5,9-12,15-20,25H2,1H3,(H,26,28)(H,27,29). The van der Waals surface area contributed by atoms with Crippen molar-refractivity contribution < 1.29 is 14.3 Å². The molecule has 30 heavy (non-hydrogen) atoms. The van der Waals surface area contributed by atoms with Crippen LogP contribution in [0.2, 0.25) is 0 Å². The summed E-state index contributed by atoms with van der Waals surface area (Å²) < 4.78 is 5.71. The Morgan fingerprint density at radius 1 is 0.900 bits per heavy atom. The number of ether oxygens (including phenoxy) is 1. The van der Waals surface area contributed by atoms with E-state index in [2.05, 4.69) is 29.7 Å². The van der Waals surface area contributed by atoms with Gasteiger partial charge in [0.25, 0.3) is 0 Å². The molecule has 0 saturated carbocycles. The van der Waals surface area contributed by atoms with Gasteiger partial charge in [-0.3, -0.25) is 9.59 Å². The summed E-state index contributed by atoms with van der Waals surface area (Å²) in [6, 6.07) is 10.2. The van der Waals surface area contributed by atoms with E-state index in [1.54, 1.807) is 0 Å². The van der Waals surface area contributed by atoms with E-state index < -0.39 is 5.92 Å². The van der Waals surface area contributed by atoms with Gasteiger partial charge in [0, 0.05) is 19.7 Å². The summed E-state index contributed by atoms with van der Waals surface area (Å²) in [7, 11) is 0. The van der Waals surface area contributed by atoms with E-state index in [0.29, 0.717) is 32.7 Å². The van der Waals surface area contributed by atoms with Crippen molar-refractivity contribution in [2.24, 2.45) is 11.7 Å². The van der Waals surface area contributed by atoms with Crippen LogP contribution in [-0.4, -0.2) is 38.1 Å². The summed E-state index contributed by atoms with van der Waals surface area (Å²) in [5.41, 5.74) is 6.68. The summed E-state index contributed by atoms with van der Waals surface area (Å²) in [4.78, 5) is 25.0. The van der Waals surface area contributed by atoms with Gasteiger partial charge in [-0.05, 0) is 44.2 Å². The third kappa shape index (κ3) is 12.6. The number of carbonyl (C=O) groups excluding carboxylic acids is 2. The fourth-order valence-electron chi connectivity index (χ4n) is 3.17. The van der Waals surface area contributed by atoms with Crippen LogP contribution in [-0.2, 0) is 20.9 Å². The van der Waals surface area contributed by atoms with Crippen LogP contribution in [0.4, 0.5) is 0 Å². The highest BCUT2D eigenvalue weighted by molar-refractivity contribution is 6.00. The first-order valence-electron chi connectivity index (χ1n) is 11.6. The first kappa shape index (κ1) is 26.1. The highest BCUT2D eigenvalue weighted by atomic mass is 16.5. The number of unbranched alkanes of at least 4 members (excludes halogenated alkanes) is 5. The van der Waals surface area contributed by atoms with Gasteiger partial charge >= 0.3 is 0 Å². The maximum Gasteiger partial charge on any atom is 0.232 e. The molecule has 0 fully saturated rings. The van der Waals surface area contributed by atoms with Crippen molar-refractivity contribution in [2.45, 2.75) is 71.3 Å². The van der Waals surface area contributed by atoms with E-state index in [9.17, 15) is 9.59 Å². The topological polar surface area (TPSA) is 93.4 Å². The minimum atomic E-state index is -0.603. The van der Waals surface area contributed by atoms with Crippen molar-refractivity contribution in [1.82, 2.24) is 10.6 Å². The lowest BCUT2D eigenvalue weighted by Gasteiger charge is -2.17. The second kappa shape index (κ2) is 17.9. The van der Waals surface area contributed by atoms with Crippen LogP contribution in [0.5, 0.6) is 0 Å². The van der Waals surface area contributed by atoms with E-state index in [0.717, 1.165) is 58.0 Å². The molecule has 2 amide bonds. The fourth-order valence-corrected chi connectivity index (χ4v) is 3.17. The molecule has 0 aliphatic heterocycles. The Bertz CT molecular complexity index is 566. The maximum atomic E-state index is 12.5. The summed E-state index contributed by atoms with van der Waals surface area (Å²) in [5.74, 6) is -0.910. The van der Waals surface area contributed by atoms with Gasteiger partial charge < -0.3 is 21.1 Å². The minimum Gasteiger partial charge on any atom is -0.377 e. The molecular weight excluding hydrogens is 378 g/mol. The molecular formula is C24H41N3O3. The molecule has 0 aliphatic carbocycles. The third-order valence-corrected chi connectivity index (χ3v) is 5.04. The van der Waals surface area contributed by atoms with Crippen LogP contribution in [0, 0.1) is 5.92 Å². The van der Waals surface area contributed by atoms with E-state index in [-0.39, 0.29) is 11.8 Å². The molecule has 0 aliphatic rings. The van der Waals surface area contributed by atoms with Crippen molar-refractivity contribution >= 4 is 11.8 Å². The van der Waals surface area contributed by atoms with Crippen molar-refractivity contribution in [3.8, 4) is 0 Å². The Balaban J connectivity index is 2.24. The molecule has 1 atom stereocenters. The lowest BCUT2D eigenvalue weighted by molar-refractivity contribution is -0.135. The quantitative estimate of drug-likeness (QED) is 0.251. The molecule has 1 aromatic rings. The molecule has 6 nitrogen and oxygen atoms in total. The predicted molar refractivity (Wildman–Crippen MR) is 122 cm³/mol. The normalized spacial score (nSPS) is 11.8. The Hall–Kier alpha value is -1.92. The number of nitrogens with two attached hydrogens (primary N) is 1. The SMILES string of the molecule is CCCCNC(=O)C(CCCCCCOCc1ccccc1)C(=O)NCCCCN. The van der Waals surface area contributed by atoms with Crippen molar-refractivity contribution in [2.75, 3.05) is 26.2 Å². The predicted octanol–water partition coefficient (Wildman–Crippen LogP) is 3.54. The van der Waals surface area contributed by atoms with Crippen LogP contribution >= 0.6 is 0 Å². The third-order valence-electron chi connectivity index (χ3n) is 5.04. The first-order valence-corrected chi connectivity index (χ1v) is 11.6. The number of rotatable bonds is 18. The summed E-state index contributed by atoms with van der Waals surface area (Å²) in [6.07, 6.45) is 8.14. The van der Waals surface area contributed by atoms with Crippen molar-refractivity contribution in [3.05, 3.63) is 35.9 Å². The zero-order valence-corrected chi connectivity index (χ0v) is 18.7. The molecule has 0 bridgehead atoms. The minimum absolute atomic E-state index is 0.147. The molecule has 0 heterocycles. The molecule has 1 unspecified atom stereocenters. The molecule has 1 rings (SSSR count). The Labute approximate surface area is 182 Å². The highest BCUT2D eigenvalue weighted by Gasteiger charge is 2.25. The number of nitrogens with one attached hydrogen (secondary N) is 2. The van der Waals surface area contributed by atoms with Crippen molar-refractivity contribution in [1.29, 1.82) is 0 Å². The van der Waals surface area contributed by atoms with Gasteiger partial charge in [-0.25, -0.2) is 0 Å². The zero-order chi connectivity index (χ0) is 21.9. The maximum absolute atomic E-state index is 12.5. The number of hydrogen-bond acceptors (Lipinski definition) is 4. The lowest BCUT2D eigenvalue weighted by Crippen LogP contribution is -2.42. The van der Waals surface area contributed by atoms with Gasteiger partial charge in [-0.2, -0.15) is 0 Å². The molecule has 1 aromatic carbocycles. The largest absolute Gasteiger partial charge is 0.377 e. The van der Waals surface area contributed by atoms with Gasteiger partial charge in [0.15, 0.2) is 0 Å². The molecule has 0 aromatic heterocycles. The highest BCUT2D eigenvalue weighted by Crippen LogP contribution is 2.13. The number of amides is 2. The van der Waals surface area contributed by atoms with Gasteiger partial charge in [-0.15, -0.1) is 0 Å². The van der Waals surface area contributed by atoms with E-state index in [4.69, 9.17) is 10.5 Å². The van der Waals surface area contributed by atoms with Crippen LogP contribution in [0.15, 0.2) is 30.3 Å². The monoisotopic (exact) mass is 419 g/mol. The zero-order valence-electron chi connectivity index (χ0n) is 18.7. The van der Waals surface area contributed by atoms with E-state index in [1.807, 2.05) is 18.2 Å². The molecule has 170 valence electrons. The molecule has 0 radical (unpaired) electrons. The van der Waals surface area contributed by atoms with E-state index >= 15 is 0 Å². The Kier molecular flexibility index (Phi) is 15.6. The molecule has 4 N–H and O–H groups in total. The van der Waals surface area contributed by atoms with E-state index in [1.165, 1.54) is 5.56 Å². The second-order valence-electron chi connectivity index (χ2n) is 7.73. The Morgan fingerprint density at radius 3 is 2.23 bits per heavy atom. The molecule has 6 heteroatoms. The average molecular weight is 420 g/mol. The lowest BCUT2D eigenvalue weighted by atomic mass is 9.98. The Morgan fingerprint density at radius 2 is 1.57 bits per heavy atom. The van der Waals surface area contributed by atoms with Crippen LogP contribution < -0.4 is 16.4 Å². The summed E-state index contributed by atoms with van der Waals surface area (Å²) >= 11 is 0.